The molecule has 11 aromatic rings. The van der Waals surface area contributed by atoms with Crippen LogP contribution in [0.25, 0.3) is 94.4 Å². The molecule has 7 aromatic carbocycles. The Morgan fingerprint density at radius 3 is 2.10 bits per heavy atom. The standard InChI is InChI=1S/C46H36N3O2.C14H15FNSi.Ir/c1-25(2)34-20-31(30-12-8-7-9-13-30)21-35(26(3)4)44(34)49-43-28(6)11-10-14-38(43)48-46(49)33-17-15-27(5)42-37-23-40-36(22-41(37)51-45(33)42)32-18-16-29(24-47)19-39(32)50-40;1-17(2,3)13-8-9-14(16-10-13)11-4-6-12(15)7-5-11;/h7-16,18-23,25-26H,1-6H3;4,6-10H,1-3H3;/q2*-1;/i5D3,6D3;;. The first-order valence-electron chi connectivity index (χ1n) is 25.7. The normalized spacial score (nSPS) is 13.4. The number of rotatable bonds is 7. The molecule has 0 aliphatic carbocycles. The summed E-state index contributed by atoms with van der Waals surface area (Å²) < 4.78 is 79.4. The molecular formula is C60H51FIrN4O2Si-2. The smallest absolute Gasteiger partial charge is 0.136 e. The van der Waals surface area contributed by atoms with Gasteiger partial charge >= 0.3 is 0 Å². The molecule has 0 aliphatic heterocycles. The van der Waals surface area contributed by atoms with Crippen LogP contribution in [0.2, 0.25) is 19.6 Å². The van der Waals surface area contributed by atoms with E-state index in [4.69, 9.17) is 22.0 Å². The van der Waals surface area contributed by atoms with Crippen molar-refractivity contribution in [2.75, 3.05) is 0 Å². The molecule has 0 amide bonds. The predicted molar refractivity (Wildman–Crippen MR) is 279 cm³/mol. The Bertz CT molecular complexity index is 3970. The maximum Gasteiger partial charge on any atom is 0.136 e. The number of imidazole rings is 1. The molecule has 9 heteroatoms. The second-order valence-electron chi connectivity index (χ2n) is 18.9. The van der Waals surface area contributed by atoms with Gasteiger partial charge in [-0.25, -0.2) is 0 Å². The van der Waals surface area contributed by atoms with Crippen molar-refractivity contribution < 1.29 is 41.6 Å². The van der Waals surface area contributed by atoms with Crippen molar-refractivity contribution in [3.8, 4) is 45.5 Å². The molecule has 0 spiro atoms. The van der Waals surface area contributed by atoms with Gasteiger partial charge in [-0.05, 0) is 106 Å². The zero-order chi connectivity index (χ0) is 52.6. The third kappa shape index (κ3) is 8.63. The molecule has 11 rings (SSSR count). The predicted octanol–water partition coefficient (Wildman–Crippen LogP) is 15.9. The van der Waals surface area contributed by atoms with Crippen LogP contribution in [0.1, 0.15) is 75.6 Å². The molecule has 0 saturated carbocycles. The van der Waals surface area contributed by atoms with E-state index in [1.54, 1.807) is 42.5 Å². The number of nitrogens with zero attached hydrogens (tertiary/aromatic N) is 4. The number of fused-ring (bicyclic) bond motifs is 7. The topological polar surface area (TPSA) is 80.8 Å². The molecule has 0 aliphatic rings. The Labute approximate surface area is 425 Å². The summed E-state index contributed by atoms with van der Waals surface area (Å²) in [5.41, 5.74) is 10.2. The Morgan fingerprint density at radius 2 is 1.45 bits per heavy atom. The van der Waals surface area contributed by atoms with Crippen LogP contribution in [-0.4, -0.2) is 22.6 Å². The fourth-order valence-corrected chi connectivity index (χ4v) is 10.1. The van der Waals surface area contributed by atoms with E-state index < -0.39 is 21.8 Å². The molecule has 0 bridgehead atoms. The van der Waals surface area contributed by atoms with Crippen molar-refractivity contribution >= 4 is 68.2 Å². The number of pyridine rings is 1. The van der Waals surface area contributed by atoms with Crippen molar-refractivity contribution in [3.63, 3.8) is 0 Å². The second kappa shape index (κ2) is 18.5. The van der Waals surface area contributed by atoms with E-state index in [0.29, 0.717) is 55.5 Å². The third-order valence-corrected chi connectivity index (χ3v) is 14.6. The van der Waals surface area contributed by atoms with E-state index in [0.717, 1.165) is 50.0 Å². The molecule has 6 nitrogen and oxygen atoms in total. The quantitative estimate of drug-likeness (QED) is 0.117. The number of furan rings is 2. The number of hydrogen-bond donors (Lipinski definition) is 0. The van der Waals surface area contributed by atoms with Gasteiger partial charge in [0, 0.05) is 62.2 Å². The Balaban J connectivity index is 0.000000325. The minimum Gasteiger partial charge on any atom is -0.501 e. The van der Waals surface area contributed by atoms with Gasteiger partial charge in [0.1, 0.15) is 16.7 Å². The summed E-state index contributed by atoms with van der Waals surface area (Å²) in [6.07, 6.45) is 1.93. The second-order valence-corrected chi connectivity index (χ2v) is 24.0. The monoisotopic (exact) mass is 1110 g/mol. The minimum absolute atomic E-state index is 0. The van der Waals surface area contributed by atoms with Gasteiger partial charge in [-0.3, -0.25) is 9.37 Å². The van der Waals surface area contributed by atoms with Crippen molar-refractivity contribution in [2.24, 2.45) is 0 Å². The number of hydrogen-bond acceptors (Lipinski definition) is 5. The van der Waals surface area contributed by atoms with Crippen molar-refractivity contribution in [1.29, 1.82) is 5.26 Å². The first-order chi connectivity index (χ1) is 35.1. The molecule has 4 aromatic heterocycles. The average molecular weight is 1110 g/mol. The van der Waals surface area contributed by atoms with Crippen LogP contribution in [-0.2, 0) is 20.1 Å². The molecule has 1 radical (unpaired) electrons. The van der Waals surface area contributed by atoms with E-state index in [9.17, 15) is 9.65 Å². The molecule has 0 saturated heterocycles. The van der Waals surface area contributed by atoms with Crippen LogP contribution in [0, 0.1) is 43.0 Å². The van der Waals surface area contributed by atoms with Crippen molar-refractivity contribution in [3.05, 3.63) is 179 Å². The van der Waals surface area contributed by atoms with Gasteiger partial charge in [-0.1, -0.05) is 120 Å². The molecular weight excluding hydrogens is 1050 g/mol. The van der Waals surface area contributed by atoms with Gasteiger partial charge in [-0.2, -0.15) is 5.26 Å². The van der Waals surface area contributed by atoms with E-state index in [1.165, 1.54) is 23.4 Å². The van der Waals surface area contributed by atoms with Crippen LogP contribution < -0.4 is 5.19 Å². The number of aryl methyl sites for hydroxylation is 2. The Morgan fingerprint density at radius 1 is 0.725 bits per heavy atom. The number of para-hydroxylation sites is 1. The van der Waals surface area contributed by atoms with E-state index in [-0.39, 0.29) is 54.5 Å². The van der Waals surface area contributed by atoms with Gasteiger partial charge in [0.25, 0.3) is 0 Å². The van der Waals surface area contributed by atoms with E-state index in [1.807, 2.05) is 47.2 Å². The van der Waals surface area contributed by atoms with Crippen LogP contribution in [0.15, 0.2) is 142 Å². The minimum atomic E-state index is -2.54. The zero-order valence-electron chi connectivity index (χ0n) is 45.2. The SMILES string of the molecule is C[Si](C)(C)c1ccc(-c2[c-]cc(F)cc2)nc1.[2H]C([2H])([2H])c1c[c-]c(-c2nc3cccc(C([2H])([2H])[2H])c3n2-c2c(C(C)C)cc(-c3ccccc3)cc2C(C)C)c2oc3cc4c(cc3c12)oc1cc(C#N)ccc14.[Ir]. The number of nitriles is 1. The molecule has 0 atom stereocenters. The summed E-state index contributed by atoms with van der Waals surface area (Å²) in [5.74, 6) is 0.118. The third-order valence-electron chi connectivity index (χ3n) is 12.6. The summed E-state index contributed by atoms with van der Waals surface area (Å²) in [5, 5.41) is 13.2. The van der Waals surface area contributed by atoms with Gasteiger partial charge in [-0.15, -0.1) is 47.5 Å². The Kier molecular flexibility index (Phi) is 10.7. The summed E-state index contributed by atoms with van der Waals surface area (Å²) in [6.45, 7) is 10.3. The molecule has 4 heterocycles. The van der Waals surface area contributed by atoms with E-state index in [2.05, 4.69) is 101 Å². The summed E-state index contributed by atoms with van der Waals surface area (Å²) in [4.78, 5) is 9.59. The van der Waals surface area contributed by atoms with Crippen LogP contribution in [0.3, 0.4) is 0 Å². The van der Waals surface area contributed by atoms with Crippen LogP contribution in [0.4, 0.5) is 4.39 Å². The van der Waals surface area contributed by atoms with Gasteiger partial charge < -0.3 is 18.4 Å². The largest absolute Gasteiger partial charge is 0.501 e. The number of halogens is 1. The molecule has 0 fully saturated rings. The van der Waals surface area contributed by atoms with Gasteiger partial charge in [0.05, 0.1) is 42.1 Å². The van der Waals surface area contributed by atoms with Crippen molar-refractivity contribution in [2.45, 2.75) is 72.9 Å². The summed E-state index contributed by atoms with van der Waals surface area (Å²) >= 11 is 0. The fraction of sp³-hybridized carbons (Fsp3) is 0.183. The average Bonchev–Trinajstić information content (AvgIpc) is 4.05. The van der Waals surface area contributed by atoms with Crippen LogP contribution >= 0.6 is 0 Å². The van der Waals surface area contributed by atoms with Gasteiger partial charge in [0.2, 0.25) is 0 Å². The first-order valence-corrected chi connectivity index (χ1v) is 26.2. The molecule has 345 valence electrons. The van der Waals surface area contributed by atoms with Crippen molar-refractivity contribution in [1.82, 2.24) is 14.5 Å². The molecule has 0 N–H and O–H groups in total. The number of aromatic nitrogens is 3. The van der Waals surface area contributed by atoms with Gasteiger partial charge in [0.15, 0.2) is 0 Å². The fourth-order valence-electron chi connectivity index (χ4n) is 9.02. The number of benzene rings is 7. The Hall–Kier alpha value is -6.95. The summed E-state index contributed by atoms with van der Waals surface area (Å²) in [7, 11) is -1.30. The first kappa shape index (κ1) is 40.0. The molecule has 69 heavy (non-hydrogen) atoms. The molecule has 0 unspecified atom stereocenters. The maximum atomic E-state index is 12.8. The zero-order valence-corrected chi connectivity index (χ0v) is 42.6. The van der Waals surface area contributed by atoms with E-state index >= 15 is 0 Å². The van der Waals surface area contributed by atoms with Crippen LogP contribution in [0.5, 0.6) is 0 Å². The maximum absolute atomic E-state index is 12.8. The summed E-state index contributed by atoms with van der Waals surface area (Å²) in [6, 6.07) is 46.8.